The van der Waals surface area contributed by atoms with Crippen molar-refractivity contribution in [1.82, 2.24) is 14.5 Å². The first-order chi connectivity index (χ1) is 10.1. The first-order valence-electron chi connectivity index (χ1n) is 6.60. The number of pyridine rings is 1. The molecule has 1 atom stereocenters. The van der Waals surface area contributed by atoms with Crippen LogP contribution in [-0.4, -0.2) is 21.1 Å². The zero-order valence-corrected chi connectivity index (χ0v) is 12.2. The lowest BCUT2D eigenvalue weighted by Crippen LogP contribution is -2.17. The van der Waals surface area contributed by atoms with Gasteiger partial charge in [-0.3, -0.25) is 0 Å². The van der Waals surface area contributed by atoms with Gasteiger partial charge < -0.3 is 10.3 Å². The third kappa shape index (κ3) is 2.39. The number of hydrogen-bond donors (Lipinski definition) is 1. The van der Waals surface area contributed by atoms with E-state index in [4.69, 9.17) is 17.3 Å². The summed E-state index contributed by atoms with van der Waals surface area (Å²) in [5.41, 5.74) is 7.47. The molecule has 0 spiro atoms. The van der Waals surface area contributed by atoms with Crippen LogP contribution in [0.1, 0.15) is 13.0 Å². The molecule has 1 aromatic carbocycles. The lowest BCUT2D eigenvalue weighted by atomic mass is 10.2. The van der Waals surface area contributed by atoms with Crippen molar-refractivity contribution in [3.63, 3.8) is 0 Å². The van der Waals surface area contributed by atoms with Gasteiger partial charge in [-0.25, -0.2) is 14.4 Å². The fourth-order valence-corrected chi connectivity index (χ4v) is 2.47. The molecule has 0 amide bonds. The maximum Gasteiger partial charge on any atom is 0.160 e. The van der Waals surface area contributed by atoms with Gasteiger partial charge in [0.1, 0.15) is 17.2 Å². The molecule has 2 N–H and O–H groups in total. The zero-order valence-electron chi connectivity index (χ0n) is 11.4. The van der Waals surface area contributed by atoms with Gasteiger partial charge in [0.25, 0.3) is 0 Å². The van der Waals surface area contributed by atoms with Crippen LogP contribution in [0.15, 0.2) is 36.5 Å². The van der Waals surface area contributed by atoms with E-state index in [9.17, 15) is 4.39 Å². The van der Waals surface area contributed by atoms with Gasteiger partial charge in [-0.2, -0.15) is 0 Å². The summed E-state index contributed by atoms with van der Waals surface area (Å²) in [6, 6.07) is 8.18. The second-order valence-electron chi connectivity index (χ2n) is 4.87. The normalized spacial score (nSPS) is 12.8. The Morgan fingerprint density at radius 1 is 1.38 bits per heavy atom. The minimum atomic E-state index is -0.329. The maximum absolute atomic E-state index is 14.1. The Labute approximate surface area is 126 Å². The van der Waals surface area contributed by atoms with E-state index in [1.54, 1.807) is 30.5 Å². The van der Waals surface area contributed by atoms with E-state index in [1.807, 2.05) is 11.5 Å². The molecule has 108 valence electrons. The Morgan fingerprint density at radius 3 is 2.86 bits per heavy atom. The van der Waals surface area contributed by atoms with Crippen LogP contribution in [0.4, 0.5) is 4.39 Å². The minimum absolute atomic E-state index is 0.0571. The third-order valence-electron chi connectivity index (χ3n) is 3.39. The van der Waals surface area contributed by atoms with Crippen molar-refractivity contribution >= 4 is 22.8 Å². The van der Waals surface area contributed by atoms with Crippen molar-refractivity contribution in [2.24, 2.45) is 5.73 Å². The number of hydrogen-bond acceptors (Lipinski definition) is 3. The number of halogens is 2. The number of aromatic nitrogens is 3. The molecule has 3 rings (SSSR count). The van der Waals surface area contributed by atoms with Gasteiger partial charge in [0.05, 0.1) is 10.6 Å². The molecular weight excluding hydrogens is 291 g/mol. The average Bonchev–Trinajstić information content (AvgIpc) is 2.85. The first kappa shape index (κ1) is 14.0. The quantitative estimate of drug-likeness (QED) is 0.806. The van der Waals surface area contributed by atoms with Crippen LogP contribution in [0.5, 0.6) is 0 Å². The lowest BCUT2D eigenvalue weighted by molar-refractivity contribution is 0.570. The van der Waals surface area contributed by atoms with Gasteiger partial charge >= 0.3 is 0 Å². The molecule has 3 aromatic rings. The largest absolute Gasteiger partial charge is 0.328 e. The van der Waals surface area contributed by atoms with E-state index in [0.717, 1.165) is 0 Å². The third-order valence-corrected chi connectivity index (χ3v) is 3.60. The molecule has 0 saturated carbocycles. The van der Waals surface area contributed by atoms with Crippen LogP contribution in [0, 0.1) is 5.82 Å². The fraction of sp³-hybridized carbons (Fsp3) is 0.200. The van der Waals surface area contributed by atoms with E-state index in [0.29, 0.717) is 34.1 Å². The number of benzene rings is 1. The SMILES string of the molecule is CC(CN)n1c(-c2ccccc2F)nc2cc(Cl)cnc21. The van der Waals surface area contributed by atoms with Crippen molar-refractivity contribution < 1.29 is 4.39 Å². The van der Waals surface area contributed by atoms with Crippen LogP contribution < -0.4 is 5.73 Å². The van der Waals surface area contributed by atoms with Gasteiger partial charge in [0.15, 0.2) is 5.65 Å². The van der Waals surface area contributed by atoms with E-state index in [-0.39, 0.29) is 11.9 Å². The van der Waals surface area contributed by atoms with Gasteiger partial charge in [-0.1, -0.05) is 23.7 Å². The number of rotatable bonds is 3. The van der Waals surface area contributed by atoms with Crippen molar-refractivity contribution in [2.45, 2.75) is 13.0 Å². The number of fused-ring (bicyclic) bond motifs is 1. The summed E-state index contributed by atoms with van der Waals surface area (Å²) in [4.78, 5) is 8.81. The number of nitrogens with two attached hydrogens (primary N) is 1. The summed E-state index contributed by atoms with van der Waals surface area (Å²) < 4.78 is 16.0. The van der Waals surface area contributed by atoms with E-state index in [2.05, 4.69) is 9.97 Å². The predicted octanol–water partition coefficient (Wildman–Crippen LogP) is 3.41. The van der Waals surface area contributed by atoms with Crippen molar-refractivity contribution in [3.05, 3.63) is 47.4 Å². The predicted molar refractivity (Wildman–Crippen MR) is 81.7 cm³/mol. The van der Waals surface area contributed by atoms with E-state index >= 15 is 0 Å². The summed E-state index contributed by atoms with van der Waals surface area (Å²) in [5.74, 6) is 0.181. The summed E-state index contributed by atoms with van der Waals surface area (Å²) >= 11 is 5.96. The van der Waals surface area contributed by atoms with Crippen molar-refractivity contribution in [1.29, 1.82) is 0 Å². The van der Waals surface area contributed by atoms with E-state index in [1.165, 1.54) is 6.07 Å². The Morgan fingerprint density at radius 2 is 2.14 bits per heavy atom. The molecule has 6 heteroatoms. The van der Waals surface area contributed by atoms with Crippen molar-refractivity contribution in [3.8, 4) is 11.4 Å². The zero-order chi connectivity index (χ0) is 15.0. The second-order valence-corrected chi connectivity index (χ2v) is 5.30. The Balaban J connectivity index is 2.33. The highest BCUT2D eigenvalue weighted by Crippen LogP contribution is 2.29. The molecular formula is C15H14ClFN4. The molecule has 0 bridgehead atoms. The lowest BCUT2D eigenvalue weighted by Gasteiger charge is -2.15. The molecule has 0 fully saturated rings. The van der Waals surface area contributed by atoms with Crippen LogP contribution in [-0.2, 0) is 0 Å². The molecule has 2 heterocycles. The highest BCUT2D eigenvalue weighted by atomic mass is 35.5. The van der Waals surface area contributed by atoms with E-state index < -0.39 is 0 Å². The topological polar surface area (TPSA) is 56.7 Å². The molecule has 0 aliphatic heterocycles. The summed E-state index contributed by atoms with van der Waals surface area (Å²) in [6.45, 7) is 2.35. The minimum Gasteiger partial charge on any atom is -0.328 e. The summed E-state index contributed by atoms with van der Waals surface area (Å²) in [6.07, 6.45) is 1.55. The van der Waals surface area contributed by atoms with Crippen LogP contribution in [0.25, 0.3) is 22.6 Å². The number of imidazole rings is 1. The molecule has 2 aromatic heterocycles. The van der Waals surface area contributed by atoms with Crippen molar-refractivity contribution in [2.75, 3.05) is 6.54 Å². The first-order valence-corrected chi connectivity index (χ1v) is 6.98. The highest BCUT2D eigenvalue weighted by molar-refractivity contribution is 6.31. The van der Waals surface area contributed by atoms with Crippen LogP contribution in [0.2, 0.25) is 5.02 Å². The Hall–Kier alpha value is -1.98. The molecule has 1 unspecified atom stereocenters. The molecule has 0 radical (unpaired) electrons. The second kappa shape index (κ2) is 5.42. The highest BCUT2D eigenvalue weighted by Gasteiger charge is 2.19. The van der Waals surface area contributed by atoms with Gasteiger partial charge in [-0.15, -0.1) is 0 Å². The molecule has 4 nitrogen and oxygen atoms in total. The summed E-state index contributed by atoms with van der Waals surface area (Å²) in [5, 5.41) is 0.493. The smallest absolute Gasteiger partial charge is 0.160 e. The molecule has 0 aliphatic carbocycles. The van der Waals surface area contributed by atoms with Crippen LogP contribution in [0.3, 0.4) is 0 Å². The number of nitrogens with zero attached hydrogens (tertiary/aromatic N) is 3. The van der Waals surface area contributed by atoms with Gasteiger partial charge in [0, 0.05) is 18.8 Å². The average molecular weight is 305 g/mol. The van der Waals surface area contributed by atoms with Crippen LogP contribution >= 0.6 is 11.6 Å². The monoisotopic (exact) mass is 304 g/mol. The standard InChI is InChI=1S/C15H14ClFN4/c1-9(7-18)21-14(11-4-2-3-5-12(11)17)20-13-6-10(16)8-19-15(13)21/h2-6,8-9H,7,18H2,1H3. The molecule has 21 heavy (non-hydrogen) atoms. The maximum atomic E-state index is 14.1. The summed E-state index contributed by atoms with van der Waals surface area (Å²) in [7, 11) is 0. The Bertz CT molecular complexity index is 799. The molecule has 0 saturated heterocycles. The van der Waals surface area contributed by atoms with Gasteiger partial charge in [-0.05, 0) is 25.1 Å². The van der Waals surface area contributed by atoms with Gasteiger partial charge in [0.2, 0.25) is 0 Å². The fourth-order valence-electron chi connectivity index (χ4n) is 2.31. The molecule has 0 aliphatic rings. The Kier molecular flexibility index (Phi) is 3.61.